The van der Waals surface area contributed by atoms with E-state index in [1.165, 1.54) is 38.5 Å². The highest BCUT2D eigenvalue weighted by atomic mass is 16.3. The molecule has 9 atom stereocenters. The molecule has 0 aromatic rings. The van der Waals surface area contributed by atoms with Gasteiger partial charge in [-0.3, -0.25) is 0 Å². The van der Waals surface area contributed by atoms with Gasteiger partial charge in [0.05, 0.1) is 12.2 Å². The quantitative estimate of drug-likeness (QED) is 0.399. The van der Waals surface area contributed by atoms with Crippen molar-refractivity contribution >= 4 is 0 Å². The summed E-state index contributed by atoms with van der Waals surface area (Å²) in [5, 5.41) is 22.4. The summed E-state index contributed by atoms with van der Waals surface area (Å²) in [6.07, 6.45) is 14.2. The number of aliphatic hydroxyl groups is 2. The fourth-order valence-corrected chi connectivity index (χ4v) is 10.3. The van der Waals surface area contributed by atoms with Crippen molar-refractivity contribution in [3.8, 4) is 0 Å². The molecule has 2 nitrogen and oxygen atoms in total. The van der Waals surface area contributed by atoms with Crippen LogP contribution in [0.15, 0.2) is 11.6 Å². The molecule has 0 aliphatic heterocycles. The van der Waals surface area contributed by atoms with E-state index in [9.17, 15) is 10.2 Å². The van der Waals surface area contributed by atoms with Crippen molar-refractivity contribution in [2.45, 2.75) is 132 Å². The van der Waals surface area contributed by atoms with Crippen LogP contribution in [0, 0.1) is 51.2 Å². The van der Waals surface area contributed by atoms with Crippen molar-refractivity contribution in [1.82, 2.24) is 0 Å². The van der Waals surface area contributed by atoms with Crippen LogP contribution in [0.25, 0.3) is 0 Å². The van der Waals surface area contributed by atoms with Gasteiger partial charge in [0.2, 0.25) is 0 Å². The van der Waals surface area contributed by atoms with Crippen LogP contribution >= 0.6 is 0 Å². The topological polar surface area (TPSA) is 40.5 Å². The van der Waals surface area contributed by atoms with Crippen molar-refractivity contribution in [3.05, 3.63) is 11.6 Å². The predicted octanol–water partition coefficient (Wildman–Crippen LogP) is 7.78. The van der Waals surface area contributed by atoms with Crippen molar-refractivity contribution < 1.29 is 10.2 Å². The Kier molecular flexibility index (Phi) is 6.75. The van der Waals surface area contributed by atoms with Gasteiger partial charge in [-0.2, -0.15) is 0 Å². The summed E-state index contributed by atoms with van der Waals surface area (Å²) in [4.78, 5) is 0. The monoisotopic (exact) mass is 458 g/mol. The average Bonchev–Trinajstić information content (AvgIpc) is 3.05. The average molecular weight is 459 g/mol. The van der Waals surface area contributed by atoms with E-state index in [1.54, 1.807) is 5.57 Å². The maximum atomic E-state index is 11.5. The Morgan fingerprint density at radius 2 is 1.64 bits per heavy atom. The zero-order valence-corrected chi connectivity index (χ0v) is 23.1. The molecule has 0 spiro atoms. The summed E-state index contributed by atoms with van der Waals surface area (Å²) >= 11 is 0. The number of aliphatic hydroxyl groups excluding tert-OH is 2. The molecule has 0 aromatic heterocycles. The van der Waals surface area contributed by atoms with Gasteiger partial charge in [0, 0.05) is 5.41 Å². The standard InChI is InChI=1S/C31H54O2/c1-20(2)10-9-11-21(3)23-15-19-31(22(4)32)25-12-13-26-28(5,6)27(33)16-17-29(26,7)24(25)14-18-30(23,31)8/h12,20-24,26-27,32-33H,9-11,13-19H2,1-8H3/t21-,22?,23-,24?,26?,27+,29-,30-,31-/m1/s1. The fraction of sp³-hybridized carbons (Fsp3) is 0.935. The molecule has 3 fully saturated rings. The van der Waals surface area contributed by atoms with Crippen molar-refractivity contribution in [2.75, 3.05) is 0 Å². The summed E-state index contributed by atoms with van der Waals surface area (Å²) in [6.45, 7) is 19.0. The summed E-state index contributed by atoms with van der Waals surface area (Å²) < 4.78 is 0. The minimum atomic E-state index is -0.285. The summed E-state index contributed by atoms with van der Waals surface area (Å²) in [6, 6.07) is 0. The van der Waals surface area contributed by atoms with E-state index in [-0.39, 0.29) is 33.9 Å². The van der Waals surface area contributed by atoms with Crippen LogP contribution < -0.4 is 0 Å². The Labute approximate surface area is 205 Å². The van der Waals surface area contributed by atoms with E-state index in [0.717, 1.165) is 43.4 Å². The molecule has 0 heterocycles. The zero-order valence-electron chi connectivity index (χ0n) is 23.1. The van der Waals surface area contributed by atoms with E-state index in [1.807, 2.05) is 0 Å². The van der Waals surface area contributed by atoms with Crippen LogP contribution in [0.1, 0.15) is 120 Å². The largest absolute Gasteiger partial charge is 0.393 e. The lowest BCUT2D eigenvalue weighted by atomic mass is 9.40. The third kappa shape index (κ3) is 3.62. The maximum absolute atomic E-state index is 11.5. The maximum Gasteiger partial charge on any atom is 0.0610 e. The number of allylic oxidation sites excluding steroid dienone is 1. The lowest BCUT2D eigenvalue weighted by molar-refractivity contribution is -0.144. The molecular formula is C31H54O2. The van der Waals surface area contributed by atoms with E-state index in [4.69, 9.17) is 0 Å². The zero-order chi connectivity index (χ0) is 24.4. The molecule has 190 valence electrons. The van der Waals surface area contributed by atoms with Gasteiger partial charge in [0.15, 0.2) is 0 Å². The highest BCUT2D eigenvalue weighted by molar-refractivity contribution is 5.35. The first-order valence-electron chi connectivity index (χ1n) is 14.4. The Hall–Kier alpha value is -0.340. The molecule has 0 amide bonds. The van der Waals surface area contributed by atoms with Crippen molar-refractivity contribution in [1.29, 1.82) is 0 Å². The molecule has 2 N–H and O–H groups in total. The molecular weight excluding hydrogens is 404 g/mol. The Morgan fingerprint density at radius 3 is 2.27 bits per heavy atom. The first kappa shape index (κ1) is 25.7. The van der Waals surface area contributed by atoms with Crippen LogP contribution in [-0.2, 0) is 0 Å². The number of hydrogen-bond donors (Lipinski definition) is 2. The second-order valence-corrected chi connectivity index (χ2v) is 14.4. The highest BCUT2D eigenvalue weighted by Gasteiger charge is 2.68. The van der Waals surface area contributed by atoms with Crippen LogP contribution in [0.2, 0.25) is 0 Å². The molecule has 0 radical (unpaired) electrons. The van der Waals surface area contributed by atoms with Gasteiger partial charge >= 0.3 is 0 Å². The van der Waals surface area contributed by atoms with Crippen LogP contribution in [0.3, 0.4) is 0 Å². The molecule has 3 unspecified atom stereocenters. The smallest absolute Gasteiger partial charge is 0.0610 e. The molecule has 4 rings (SSSR count). The van der Waals surface area contributed by atoms with Gasteiger partial charge in [-0.25, -0.2) is 0 Å². The Balaban J connectivity index is 1.68. The SMILES string of the molecule is CC(C)CCC[C@@H](C)[C@H]1CC[C@@]2(C(C)O)C3=CCC4C(C)(C)[C@@H](O)CC[C@]4(C)C3CC[C@]12C. The predicted molar refractivity (Wildman–Crippen MR) is 139 cm³/mol. The highest BCUT2D eigenvalue weighted by Crippen LogP contribution is 2.74. The second-order valence-electron chi connectivity index (χ2n) is 14.4. The lowest BCUT2D eigenvalue weighted by Gasteiger charge is -2.65. The second kappa shape index (κ2) is 8.65. The molecule has 4 aliphatic carbocycles. The molecule has 2 heteroatoms. The van der Waals surface area contributed by atoms with Crippen molar-refractivity contribution in [2.24, 2.45) is 51.2 Å². The van der Waals surface area contributed by atoms with Crippen molar-refractivity contribution in [3.63, 3.8) is 0 Å². The molecule has 0 bridgehead atoms. The van der Waals surface area contributed by atoms with E-state index >= 15 is 0 Å². The fourth-order valence-electron chi connectivity index (χ4n) is 10.3. The molecule has 3 saturated carbocycles. The molecule has 0 saturated heterocycles. The van der Waals surface area contributed by atoms with Gasteiger partial charge < -0.3 is 10.2 Å². The third-order valence-corrected chi connectivity index (χ3v) is 12.3. The minimum absolute atomic E-state index is 0.0308. The van der Waals surface area contributed by atoms with Crippen LogP contribution in [0.5, 0.6) is 0 Å². The van der Waals surface area contributed by atoms with Gasteiger partial charge in [-0.05, 0) is 97.7 Å². The van der Waals surface area contributed by atoms with Crippen LogP contribution in [-0.4, -0.2) is 22.4 Å². The number of rotatable bonds is 6. The summed E-state index contributed by atoms with van der Waals surface area (Å²) in [5.74, 6) is 3.35. The number of hydrogen-bond acceptors (Lipinski definition) is 2. The van der Waals surface area contributed by atoms with Gasteiger partial charge in [0.25, 0.3) is 0 Å². The first-order chi connectivity index (χ1) is 15.3. The van der Waals surface area contributed by atoms with Gasteiger partial charge in [-0.1, -0.05) is 79.4 Å². The molecule has 0 aromatic carbocycles. The third-order valence-electron chi connectivity index (χ3n) is 12.3. The summed E-state index contributed by atoms with van der Waals surface area (Å²) in [5.41, 5.74) is 2.00. The van der Waals surface area contributed by atoms with Gasteiger partial charge in [-0.15, -0.1) is 0 Å². The number of fused-ring (bicyclic) bond motifs is 5. The first-order valence-corrected chi connectivity index (χ1v) is 14.4. The van der Waals surface area contributed by atoms with E-state index < -0.39 is 0 Å². The Morgan fingerprint density at radius 1 is 0.939 bits per heavy atom. The molecule has 33 heavy (non-hydrogen) atoms. The Bertz CT molecular complexity index is 750. The lowest BCUT2D eigenvalue weighted by Crippen LogP contribution is -2.60. The normalized spacial score (nSPS) is 46.2. The van der Waals surface area contributed by atoms with E-state index in [0.29, 0.717) is 11.8 Å². The van der Waals surface area contributed by atoms with Crippen LogP contribution in [0.4, 0.5) is 0 Å². The van der Waals surface area contributed by atoms with Gasteiger partial charge in [0.1, 0.15) is 0 Å². The minimum Gasteiger partial charge on any atom is -0.393 e. The van der Waals surface area contributed by atoms with E-state index in [2.05, 4.69) is 61.5 Å². The summed E-state index contributed by atoms with van der Waals surface area (Å²) in [7, 11) is 0. The molecule has 4 aliphatic rings.